The van der Waals surface area contributed by atoms with Crippen LogP contribution in [0.5, 0.6) is 5.75 Å². The SMILES string of the molecule is Cc1cc(OC(C)C)ccc1C(=O)C(C)(C)NC=O. The Morgan fingerprint density at radius 1 is 1.37 bits per heavy atom. The van der Waals surface area contributed by atoms with Gasteiger partial charge in [0, 0.05) is 5.56 Å². The molecule has 0 spiro atoms. The van der Waals surface area contributed by atoms with Crippen molar-refractivity contribution in [2.75, 3.05) is 0 Å². The molecule has 1 amide bonds. The molecule has 0 unspecified atom stereocenters. The summed E-state index contributed by atoms with van der Waals surface area (Å²) in [6, 6.07) is 5.35. The topological polar surface area (TPSA) is 55.4 Å². The number of amides is 1. The average Bonchev–Trinajstić information content (AvgIpc) is 2.27. The van der Waals surface area contributed by atoms with Gasteiger partial charge in [0.2, 0.25) is 6.41 Å². The number of aryl methyl sites for hydroxylation is 1. The minimum atomic E-state index is -0.910. The number of hydrogen-bond acceptors (Lipinski definition) is 3. The Morgan fingerprint density at radius 2 is 2.00 bits per heavy atom. The van der Waals surface area contributed by atoms with Crippen LogP contribution in [-0.4, -0.2) is 23.8 Å². The molecule has 0 heterocycles. The van der Waals surface area contributed by atoms with E-state index in [9.17, 15) is 9.59 Å². The van der Waals surface area contributed by atoms with Gasteiger partial charge in [-0.25, -0.2) is 0 Å². The summed E-state index contributed by atoms with van der Waals surface area (Å²) in [6.45, 7) is 9.12. The summed E-state index contributed by atoms with van der Waals surface area (Å²) in [6.07, 6.45) is 0.637. The Hall–Kier alpha value is -1.84. The first-order chi connectivity index (χ1) is 8.77. The maximum atomic E-state index is 12.3. The molecule has 104 valence electrons. The second kappa shape index (κ2) is 5.87. The summed E-state index contributed by atoms with van der Waals surface area (Å²) in [4.78, 5) is 22.9. The number of Topliss-reactive ketones (excluding diaryl/α,β-unsaturated/α-hetero) is 1. The van der Waals surface area contributed by atoms with E-state index in [1.807, 2.05) is 26.8 Å². The molecule has 1 aromatic rings. The fourth-order valence-electron chi connectivity index (χ4n) is 1.79. The third kappa shape index (κ3) is 3.81. The van der Waals surface area contributed by atoms with E-state index in [2.05, 4.69) is 5.32 Å². The van der Waals surface area contributed by atoms with E-state index in [1.165, 1.54) is 0 Å². The van der Waals surface area contributed by atoms with Gasteiger partial charge in [-0.1, -0.05) is 0 Å². The van der Waals surface area contributed by atoms with Crippen LogP contribution in [0.15, 0.2) is 18.2 Å². The third-order valence-electron chi connectivity index (χ3n) is 2.80. The number of hydrogen-bond donors (Lipinski definition) is 1. The molecule has 4 heteroatoms. The molecule has 0 aliphatic heterocycles. The quantitative estimate of drug-likeness (QED) is 0.633. The zero-order chi connectivity index (χ0) is 14.6. The number of nitrogens with one attached hydrogen (secondary N) is 1. The molecular weight excluding hydrogens is 242 g/mol. The largest absolute Gasteiger partial charge is 0.491 e. The lowest BCUT2D eigenvalue weighted by Crippen LogP contribution is -2.46. The molecule has 0 aliphatic carbocycles. The molecule has 0 atom stereocenters. The summed E-state index contributed by atoms with van der Waals surface area (Å²) in [5.41, 5.74) is 0.520. The van der Waals surface area contributed by atoms with Crippen LogP contribution in [-0.2, 0) is 4.79 Å². The monoisotopic (exact) mass is 263 g/mol. The summed E-state index contributed by atoms with van der Waals surface area (Å²) < 4.78 is 5.58. The minimum Gasteiger partial charge on any atom is -0.491 e. The molecule has 0 bridgehead atoms. The molecule has 1 aromatic carbocycles. The van der Waals surface area contributed by atoms with Crippen LogP contribution in [0, 0.1) is 6.92 Å². The van der Waals surface area contributed by atoms with Gasteiger partial charge in [-0.05, 0) is 58.4 Å². The second-order valence-electron chi connectivity index (χ2n) is 5.36. The normalized spacial score (nSPS) is 11.3. The van der Waals surface area contributed by atoms with E-state index < -0.39 is 5.54 Å². The van der Waals surface area contributed by atoms with E-state index >= 15 is 0 Å². The minimum absolute atomic E-state index is 0.0918. The van der Waals surface area contributed by atoms with Crippen molar-refractivity contribution in [2.45, 2.75) is 46.3 Å². The van der Waals surface area contributed by atoms with Crippen LogP contribution in [0.4, 0.5) is 0 Å². The summed E-state index contributed by atoms with van der Waals surface area (Å²) in [5, 5.41) is 2.53. The fourth-order valence-corrected chi connectivity index (χ4v) is 1.79. The highest BCUT2D eigenvalue weighted by Crippen LogP contribution is 2.22. The van der Waals surface area contributed by atoms with Gasteiger partial charge in [0.15, 0.2) is 5.78 Å². The van der Waals surface area contributed by atoms with E-state index in [0.717, 1.165) is 11.3 Å². The fraction of sp³-hybridized carbons (Fsp3) is 0.467. The van der Waals surface area contributed by atoms with Crippen molar-refractivity contribution >= 4 is 12.2 Å². The Balaban J connectivity index is 3.02. The standard InChI is InChI=1S/C15H21NO3/c1-10(2)19-12-6-7-13(11(3)8-12)14(18)15(4,5)16-9-17/h6-10H,1-5H3,(H,16,17). The molecule has 4 nitrogen and oxygen atoms in total. The number of carbonyl (C=O) groups is 2. The van der Waals surface area contributed by atoms with Crippen LogP contribution >= 0.6 is 0 Å². The highest BCUT2D eigenvalue weighted by atomic mass is 16.5. The number of benzene rings is 1. The van der Waals surface area contributed by atoms with E-state index in [1.54, 1.807) is 26.0 Å². The zero-order valence-electron chi connectivity index (χ0n) is 12.1. The first-order valence-electron chi connectivity index (χ1n) is 6.31. The van der Waals surface area contributed by atoms with Gasteiger partial charge < -0.3 is 10.1 Å². The molecule has 0 fully saturated rings. The molecule has 0 saturated carbocycles. The lowest BCUT2D eigenvalue weighted by molar-refractivity contribution is -0.110. The smallest absolute Gasteiger partial charge is 0.207 e. The van der Waals surface area contributed by atoms with Gasteiger partial charge >= 0.3 is 0 Å². The molecule has 19 heavy (non-hydrogen) atoms. The van der Waals surface area contributed by atoms with Crippen molar-refractivity contribution in [2.24, 2.45) is 0 Å². The van der Waals surface area contributed by atoms with Crippen LogP contribution in [0.1, 0.15) is 43.6 Å². The highest BCUT2D eigenvalue weighted by molar-refractivity contribution is 6.04. The number of rotatable bonds is 6. The van der Waals surface area contributed by atoms with Crippen LogP contribution < -0.4 is 10.1 Å². The van der Waals surface area contributed by atoms with Crippen molar-refractivity contribution in [3.05, 3.63) is 29.3 Å². The number of carbonyl (C=O) groups excluding carboxylic acids is 2. The third-order valence-corrected chi connectivity index (χ3v) is 2.80. The first kappa shape index (κ1) is 15.2. The Kier molecular flexibility index (Phi) is 4.70. The summed E-state index contributed by atoms with van der Waals surface area (Å²) >= 11 is 0. The van der Waals surface area contributed by atoms with Crippen molar-refractivity contribution in [3.63, 3.8) is 0 Å². The van der Waals surface area contributed by atoms with Gasteiger partial charge in [-0.15, -0.1) is 0 Å². The predicted molar refractivity (Wildman–Crippen MR) is 74.6 cm³/mol. The van der Waals surface area contributed by atoms with Crippen LogP contribution in [0.2, 0.25) is 0 Å². The molecule has 1 N–H and O–H groups in total. The first-order valence-corrected chi connectivity index (χ1v) is 6.31. The maximum Gasteiger partial charge on any atom is 0.207 e. The van der Waals surface area contributed by atoms with Gasteiger partial charge in [0.05, 0.1) is 11.6 Å². The molecule has 0 saturated heterocycles. The van der Waals surface area contributed by atoms with Gasteiger partial charge in [-0.2, -0.15) is 0 Å². The van der Waals surface area contributed by atoms with Gasteiger partial charge in [0.1, 0.15) is 5.75 Å². The number of ketones is 1. The average molecular weight is 263 g/mol. The Morgan fingerprint density at radius 3 is 2.47 bits per heavy atom. The highest BCUT2D eigenvalue weighted by Gasteiger charge is 2.28. The van der Waals surface area contributed by atoms with Gasteiger partial charge in [-0.3, -0.25) is 9.59 Å². The lowest BCUT2D eigenvalue weighted by atomic mass is 9.91. The summed E-state index contributed by atoms with van der Waals surface area (Å²) in [5.74, 6) is 0.624. The Labute approximate surface area is 114 Å². The Bertz CT molecular complexity index is 478. The lowest BCUT2D eigenvalue weighted by Gasteiger charge is -2.23. The zero-order valence-corrected chi connectivity index (χ0v) is 12.1. The molecule has 0 aliphatic rings. The van der Waals surface area contributed by atoms with Crippen molar-refractivity contribution in [1.29, 1.82) is 0 Å². The maximum absolute atomic E-state index is 12.3. The number of ether oxygens (including phenoxy) is 1. The van der Waals surface area contributed by atoms with Crippen LogP contribution in [0.25, 0.3) is 0 Å². The molecular formula is C15H21NO3. The second-order valence-corrected chi connectivity index (χ2v) is 5.36. The van der Waals surface area contributed by atoms with Gasteiger partial charge in [0.25, 0.3) is 0 Å². The van der Waals surface area contributed by atoms with Crippen LogP contribution in [0.3, 0.4) is 0 Å². The predicted octanol–water partition coefficient (Wildman–Crippen LogP) is 2.49. The van der Waals surface area contributed by atoms with Crippen molar-refractivity contribution < 1.29 is 14.3 Å². The van der Waals surface area contributed by atoms with E-state index in [-0.39, 0.29) is 11.9 Å². The summed E-state index contributed by atoms with van der Waals surface area (Å²) in [7, 11) is 0. The molecule has 1 rings (SSSR count). The molecule has 0 radical (unpaired) electrons. The van der Waals surface area contributed by atoms with E-state index in [4.69, 9.17) is 4.74 Å². The molecule has 0 aromatic heterocycles. The van der Waals surface area contributed by atoms with Crippen molar-refractivity contribution in [1.82, 2.24) is 5.32 Å². The van der Waals surface area contributed by atoms with E-state index in [0.29, 0.717) is 12.0 Å². The van der Waals surface area contributed by atoms with Crippen molar-refractivity contribution in [3.8, 4) is 5.75 Å².